The van der Waals surface area contributed by atoms with Crippen LogP contribution in [0.5, 0.6) is 5.75 Å². The molecule has 8 heteroatoms. The summed E-state index contributed by atoms with van der Waals surface area (Å²) in [4.78, 5) is 22.0. The maximum Gasteiger partial charge on any atom is 0.284 e. The summed E-state index contributed by atoms with van der Waals surface area (Å²) in [5.41, 5.74) is 3.65. The van der Waals surface area contributed by atoms with Gasteiger partial charge in [0.1, 0.15) is 5.75 Å². The van der Waals surface area contributed by atoms with E-state index in [1.165, 1.54) is 12.3 Å². The molecule has 0 aliphatic rings. The molecule has 7 nitrogen and oxygen atoms in total. The standard InChI is InChI=1S/C16H14BrN3O4/c1-11-4-2-3-5-15(11)24-10-16(21)19-18-9-12-6-7-13(17)14(8-12)20(22)23/h2-9H,10H2,1H3,(H,19,21). The van der Waals surface area contributed by atoms with Gasteiger partial charge in [0.15, 0.2) is 6.61 Å². The van der Waals surface area contributed by atoms with Crippen LogP contribution in [0.25, 0.3) is 0 Å². The number of aryl methyl sites for hydroxylation is 1. The van der Waals surface area contributed by atoms with Crippen LogP contribution in [0.15, 0.2) is 52.0 Å². The molecule has 0 heterocycles. The van der Waals surface area contributed by atoms with Gasteiger partial charge in [0, 0.05) is 11.6 Å². The minimum absolute atomic E-state index is 0.0758. The highest BCUT2D eigenvalue weighted by Gasteiger charge is 2.11. The second-order valence-corrected chi connectivity index (χ2v) is 5.67. The molecule has 0 fully saturated rings. The summed E-state index contributed by atoms with van der Waals surface area (Å²) in [6.45, 7) is 1.70. The fourth-order valence-corrected chi connectivity index (χ4v) is 2.21. The zero-order valence-corrected chi connectivity index (χ0v) is 14.3. The molecule has 2 aromatic carbocycles. The van der Waals surface area contributed by atoms with Crippen LogP contribution in [0.4, 0.5) is 5.69 Å². The maximum atomic E-state index is 11.7. The van der Waals surface area contributed by atoms with Crippen LogP contribution in [0, 0.1) is 17.0 Å². The number of nitro benzene ring substituents is 1. The highest BCUT2D eigenvalue weighted by atomic mass is 79.9. The molecule has 0 spiro atoms. The lowest BCUT2D eigenvalue weighted by molar-refractivity contribution is -0.385. The minimum Gasteiger partial charge on any atom is -0.483 e. The number of para-hydroxylation sites is 1. The van der Waals surface area contributed by atoms with Gasteiger partial charge >= 0.3 is 0 Å². The van der Waals surface area contributed by atoms with Gasteiger partial charge in [-0.3, -0.25) is 14.9 Å². The van der Waals surface area contributed by atoms with Crippen molar-refractivity contribution in [2.75, 3.05) is 6.61 Å². The van der Waals surface area contributed by atoms with Gasteiger partial charge in [0.05, 0.1) is 15.6 Å². The van der Waals surface area contributed by atoms with Gasteiger partial charge < -0.3 is 4.74 Å². The number of hydrogen-bond donors (Lipinski definition) is 1. The van der Waals surface area contributed by atoms with E-state index in [1.54, 1.807) is 18.2 Å². The number of hydrazone groups is 1. The Morgan fingerprint density at radius 1 is 1.38 bits per heavy atom. The number of ether oxygens (including phenoxy) is 1. The maximum absolute atomic E-state index is 11.7. The average Bonchev–Trinajstić information content (AvgIpc) is 2.55. The molecule has 24 heavy (non-hydrogen) atoms. The quantitative estimate of drug-likeness (QED) is 0.464. The van der Waals surface area contributed by atoms with Crippen LogP contribution >= 0.6 is 15.9 Å². The molecule has 0 aliphatic carbocycles. The van der Waals surface area contributed by atoms with Crippen molar-refractivity contribution in [3.05, 3.63) is 68.2 Å². The SMILES string of the molecule is Cc1ccccc1OCC(=O)NN=Cc1ccc(Br)c([N+](=O)[O-])c1. The molecule has 0 bridgehead atoms. The molecular weight excluding hydrogens is 378 g/mol. The Kier molecular flexibility index (Phi) is 6.02. The zero-order valence-electron chi connectivity index (χ0n) is 12.7. The van der Waals surface area contributed by atoms with Gasteiger partial charge in [0.25, 0.3) is 11.6 Å². The molecule has 0 saturated carbocycles. The predicted octanol–water partition coefficient (Wildman–Crippen LogP) is 3.19. The summed E-state index contributed by atoms with van der Waals surface area (Å²) in [7, 11) is 0. The third-order valence-corrected chi connectivity index (χ3v) is 3.69. The second-order valence-electron chi connectivity index (χ2n) is 4.82. The van der Waals surface area contributed by atoms with Gasteiger partial charge in [-0.05, 0) is 40.5 Å². The van der Waals surface area contributed by atoms with Crippen LogP contribution in [0.3, 0.4) is 0 Å². The number of nitrogens with one attached hydrogen (secondary N) is 1. The van der Waals surface area contributed by atoms with Crippen molar-refractivity contribution in [2.24, 2.45) is 5.10 Å². The molecule has 124 valence electrons. The van der Waals surface area contributed by atoms with Crippen molar-refractivity contribution in [3.63, 3.8) is 0 Å². The number of amides is 1. The van der Waals surface area contributed by atoms with Crippen molar-refractivity contribution in [2.45, 2.75) is 6.92 Å². The lowest BCUT2D eigenvalue weighted by atomic mass is 10.2. The monoisotopic (exact) mass is 391 g/mol. The number of halogens is 1. The van der Waals surface area contributed by atoms with E-state index in [4.69, 9.17) is 4.74 Å². The molecule has 0 radical (unpaired) electrons. The largest absolute Gasteiger partial charge is 0.483 e. The van der Waals surface area contributed by atoms with E-state index in [0.717, 1.165) is 5.56 Å². The van der Waals surface area contributed by atoms with E-state index in [0.29, 0.717) is 15.8 Å². The van der Waals surface area contributed by atoms with Crippen molar-refractivity contribution in [1.29, 1.82) is 0 Å². The summed E-state index contributed by atoms with van der Waals surface area (Å²) in [6, 6.07) is 11.9. The molecule has 0 saturated heterocycles. The molecular formula is C16H14BrN3O4. The summed E-state index contributed by atoms with van der Waals surface area (Å²) in [5, 5.41) is 14.6. The molecule has 0 aromatic heterocycles. The Hall–Kier alpha value is -2.74. The van der Waals surface area contributed by atoms with Crippen molar-refractivity contribution in [1.82, 2.24) is 5.43 Å². The van der Waals surface area contributed by atoms with Gasteiger partial charge in [-0.15, -0.1) is 0 Å². The molecule has 1 amide bonds. The topological polar surface area (TPSA) is 93.8 Å². The summed E-state index contributed by atoms with van der Waals surface area (Å²) < 4.78 is 5.76. The highest BCUT2D eigenvalue weighted by molar-refractivity contribution is 9.10. The number of nitro groups is 1. The van der Waals surface area contributed by atoms with Crippen molar-refractivity contribution < 1.29 is 14.5 Å². The van der Waals surface area contributed by atoms with Gasteiger partial charge in [-0.1, -0.05) is 24.3 Å². The van der Waals surface area contributed by atoms with Crippen LogP contribution in [0.1, 0.15) is 11.1 Å². The Bertz CT molecular complexity index is 793. The van der Waals surface area contributed by atoms with Crippen LogP contribution in [-0.2, 0) is 4.79 Å². The van der Waals surface area contributed by atoms with Crippen LogP contribution in [0.2, 0.25) is 0 Å². The van der Waals surface area contributed by atoms with Gasteiger partial charge in [-0.25, -0.2) is 5.43 Å². The number of benzene rings is 2. The molecule has 0 unspecified atom stereocenters. The lowest BCUT2D eigenvalue weighted by Gasteiger charge is -2.07. The number of hydrogen-bond acceptors (Lipinski definition) is 5. The summed E-state index contributed by atoms with van der Waals surface area (Å²) >= 11 is 3.10. The van der Waals surface area contributed by atoms with Crippen LogP contribution in [-0.4, -0.2) is 23.7 Å². The number of carbonyl (C=O) groups is 1. The minimum atomic E-state index is -0.504. The molecule has 1 N–H and O–H groups in total. The predicted molar refractivity (Wildman–Crippen MR) is 93.2 cm³/mol. The Balaban J connectivity index is 1.90. The molecule has 2 aromatic rings. The van der Waals surface area contributed by atoms with E-state index in [1.807, 2.05) is 25.1 Å². The van der Waals surface area contributed by atoms with Crippen molar-refractivity contribution in [3.8, 4) is 5.75 Å². The Labute approximate surface area is 146 Å². The number of nitrogens with zero attached hydrogens (tertiary/aromatic N) is 2. The Morgan fingerprint density at radius 2 is 2.12 bits per heavy atom. The zero-order chi connectivity index (χ0) is 17.5. The fourth-order valence-electron chi connectivity index (χ4n) is 1.82. The van der Waals surface area contributed by atoms with E-state index < -0.39 is 10.8 Å². The first-order chi connectivity index (χ1) is 11.5. The normalized spacial score (nSPS) is 10.6. The molecule has 2 rings (SSSR count). The highest BCUT2D eigenvalue weighted by Crippen LogP contribution is 2.24. The third kappa shape index (κ3) is 4.88. The average molecular weight is 392 g/mol. The second kappa shape index (κ2) is 8.21. The lowest BCUT2D eigenvalue weighted by Crippen LogP contribution is -2.24. The van der Waals surface area contributed by atoms with E-state index in [2.05, 4.69) is 26.5 Å². The summed E-state index contributed by atoms with van der Waals surface area (Å²) in [6.07, 6.45) is 1.32. The smallest absolute Gasteiger partial charge is 0.284 e. The van der Waals surface area contributed by atoms with E-state index >= 15 is 0 Å². The van der Waals surface area contributed by atoms with E-state index in [9.17, 15) is 14.9 Å². The first-order valence-electron chi connectivity index (χ1n) is 6.91. The first kappa shape index (κ1) is 17.6. The van der Waals surface area contributed by atoms with Gasteiger partial charge in [-0.2, -0.15) is 5.10 Å². The Morgan fingerprint density at radius 3 is 2.83 bits per heavy atom. The first-order valence-corrected chi connectivity index (χ1v) is 7.71. The fraction of sp³-hybridized carbons (Fsp3) is 0.125. The molecule has 0 aliphatic heterocycles. The molecule has 0 atom stereocenters. The van der Waals surface area contributed by atoms with Gasteiger partial charge in [0.2, 0.25) is 0 Å². The van der Waals surface area contributed by atoms with E-state index in [-0.39, 0.29) is 12.3 Å². The summed E-state index contributed by atoms with van der Waals surface area (Å²) in [5.74, 6) is 0.196. The van der Waals surface area contributed by atoms with Crippen LogP contribution < -0.4 is 10.2 Å². The number of carbonyl (C=O) groups excluding carboxylic acids is 1. The van der Waals surface area contributed by atoms with Crippen molar-refractivity contribution >= 4 is 33.7 Å². The number of rotatable bonds is 6. The third-order valence-electron chi connectivity index (χ3n) is 3.02.